The highest BCUT2D eigenvalue weighted by molar-refractivity contribution is 7.90. The first kappa shape index (κ1) is 29.2. The van der Waals surface area contributed by atoms with Gasteiger partial charge >= 0.3 is 0 Å². The average Bonchev–Trinajstić information content (AvgIpc) is 3.36. The number of aliphatic hydroxyl groups excluding tert-OH is 1. The number of aliphatic hydroxyl groups is 1. The number of rotatable bonds is 13. The Morgan fingerprint density at radius 2 is 1.84 bits per heavy atom. The minimum atomic E-state index is -3.47. The molecule has 0 saturated heterocycles. The molecule has 0 aliphatic rings. The van der Waals surface area contributed by atoms with Gasteiger partial charge in [0, 0.05) is 43.2 Å². The largest absolute Gasteiger partial charge is 0.489 e. The van der Waals surface area contributed by atoms with E-state index in [2.05, 4.69) is 15.0 Å². The van der Waals surface area contributed by atoms with Gasteiger partial charge in [-0.2, -0.15) is 0 Å². The predicted molar refractivity (Wildman–Crippen MR) is 144 cm³/mol. The lowest BCUT2D eigenvalue weighted by atomic mass is 10.1. The van der Waals surface area contributed by atoms with E-state index in [1.165, 1.54) is 6.20 Å². The van der Waals surface area contributed by atoms with Crippen molar-refractivity contribution in [2.24, 2.45) is 5.92 Å². The van der Waals surface area contributed by atoms with Gasteiger partial charge in [-0.1, -0.05) is 6.92 Å². The number of aromatic amines is 1. The number of H-pyrrole nitrogens is 1. The Hall–Kier alpha value is -3.41. The van der Waals surface area contributed by atoms with Crippen molar-refractivity contribution < 1.29 is 32.5 Å². The van der Waals surface area contributed by atoms with Crippen LogP contribution in [0, 0.1) is 5.92 Å². The molecule has 0 radical (unpaired) electrons. The summed E-state index contributed by atoms with van der Waals surface area (Å²) in [6.45, 7) is 8.06. The standard InChI is InChI=1S/C27H35N3O7S/c1-7-25(36-19(4)17(2)15-31)24-9-8-23(30-24)20-10-21(35-18(3)16-34-5)12-22(11-20)37-26-13-29-27(14-28-26)38(6,32)33/h7-14,17-19,30-31H,15-16H2,1-6H3/b25-7+/t17-,18+,19?/m1/s1. The molecule has 2 aromatic heterocycles. The summed E-state index contributed by atoms with van der Waals surface area (Å²) in [5.41, 5.74) is 2.35. The van der Waals surface area contributed by atoms with E-state index >= 15 is 0 Å². The van der Waals surface area contributed by atoms with Gasteiger partial charge in [0.15, 0.2) is 14.9 Å². The number of sulfone groups is 1. The molecule has 1 aromatic carbocycles. The number of ether oxygens (including phenoxy) is 4. The van der Waals surface area contributed by atoms with E-state index in [0.717, 1.165) is 29.4 Å². The highest BCUT2D eigenvalue weighted by Crippen LogP contribution is 2.33. The fourth-order valence-electron chi connectivity index (χ4n) is 3.48. The predicted octanol–water partition coefficient (Wildman–Crippen LogP) is 4.48. The number of benzene rings is 1. The second-order valence-electron chi connectivity index (χ2n) is 9.07. The van der Waals surface area contributed by atoms with Gasteiger partial charge in [-0.05, 0) is 51.1 Å². The highest BCUT2D eigenvalue weighted by atomic mass is 32.2. The normalized spacial score (nSPS) is 14.6. The molecule has 0 aliphatic carbocycles. The van der Waals surface area contributed by atoms with Crippen molar-refractivity contribution in [3.63, 3.8) is 0 Å². The maximum atomic E-state index is 11.7. The van der Waals surface area contributed by atoms with E-state index in [0.29, 0.717) is 23.9 Å². The lowest BCUT2D eigenvalue weighted by Gasteiger charge is -2.21. The van der Waals surface area contributed by atoms with Crippen LogP contribution in [0.4, 0.5) is 0 Å². The molecular weight excluding hydrogens is 510 g/mol. The summed E-state index contributed by atoms with van der Waals surface area (Å²) in [7, 11) is -1.87. The molecule has 0 spiro atoms. The third-order valence-electron chi connectivity index (χ3n) is 5.75. The summed E-state index contributed by atoms with van der Waals surface area (Å²) in [5.74, 6) is 1.76. The van der Waals surface area contributed by atoms with Gasteiger partial charge in [-0.15, -0.1) is 0 Å². The Bertz CT molecular complexity index is 1340. The molecule has 2 N–H and O–H groups in total. The number of nitrogens with zero attached hydrogens (tertiary/aromatic N) is 2. The Labute approximate surface area is 223 Å². The minimum Gasteiger partial charge on any atom is -0.489 e. The lowest BCUT2D eigenvalue weighted by molar-refractivity contribution is 0.0881. The average molecular weight is 546 g/mol. The summed E-state index contributed by atoms with van der Waals surface area (Å²) in [6.07, 6.45) is 4.96. The Kier molecular flexibility index (Phi) is 9.90. The number of aromatic nitrogens is 3. The maximum Gasteiger partial charge on any atom is 0.237 e. The molecule has 3 atom stereocenters. The van der Waals surface area contributed by atoms with Crippen molar-refractivity contribution in [1.82, 2.24) is 15.0 Å². The molecule has 0 saturated carbocycles. The zero-order valence-corrected chi connectivity index (χ0v) is 23.3. The Morgan fingerprint density at radius 3 is 2.45 bits per heavy atom. The Balaban J connectivity index is 1.92. The zero-order valence-electron chi connectivity index (χ0n) is 22.5. The number of hydrogen-bond donors (Lipinski definition) is 2. The maximum absolute atomic E-state index is 11.7. The van der Waals surface area contributed by atoms with Gasteiger partial charge in [-0.3, -0.25) is 0 Å². The number of allylic oxidation sites excluding steroid dienone is 1. The SMILES string of the molecule is C/C=C(/OC(C)[C@H](C)CO)c1ccc(-c2cc(Oc3cnc(S(C)(=O)=O)cn3)cc(O[C@@H](C)COC)c2)[nH]1. The molecule has 1 unspecified atom stereocenters. The van der Waals surface area contributed by atoms with Gasteiger partial charge in [0.05, 0.1) is 24.7 Å². The molecule has 206 valence electrons. The van der Waals surface area contributed by atoms with Crippen molar-refractivity contribution in [3.8, 4) is 28.6 Å². The van der Waals surface area contributed by atoms with Crippen LogP contribution in [0.2, 0.25) is 0 Å². The number of hydrogen-bond acceptors (Lipinski definition) is 9. The number of nitrogens with one attached hydrogen (secondary N) is 1. The van der Waals surface area contributed by atoms with Gasteiger partial charge in [-0.25, -0.2) is 18.4 Å². The molecular formula is C27H35N3O7S. The van der Waals surface area contributed by atoms with Crippen molar-refractivity contribution >= 4 is 15.6 Å². The van der Waals surface area contributed by atoms with Crippen LogP contribution in [0.1, 0.15) is 33.4 Å². The molecule has 38 heavy (non-hydrogen) atoms. The third kappa shape index (κ3) is 7.80. The van der Waals surface area contributed by atoms with E-state index in [1.54, 1.807) is 13.2 Å². The van der Waals surface area contributed by atoms with Gasteiger partial charge < -0.3 is 29.0 Å². The first-order valence-electron chi connectivity index (χ1n) is 12.2. The second kappa shape index (κ2) is 12.9. The van der Waals surface area contributed by atoms with Crippen LogP contribution in [0.15, 0.2) is 53.8 Å². The van der Waals surface area contributed by atoms with Crippen molar-refractivity contribution in [2.75, 3.05) is 26.6 Å². The third-order valence-corrected chi connectivity index (χ3v) is 6.72. The van der Waals surface area contributed by atoms with Crippen LogP contribution in [-0.2, 0) is 19.3 Å². The van der Waals surface area contributed by atoms with Crippen molar-refractivity contribution in [2.45, 2.75) is 44.9 Å². The van der Waals surface area contributed by atoms with Crippen LogP contribution in [-0.4, -0.2) is 67.3 Å². The quantitative estimate of drug-likeness (QED) is 0.298. The van der Waals surface area contributed by atoms with E-state index < -0.39 is 9.84 Å². The summed E-state index contributed by atoms with van der Waals surface area (Å²) in [5, 5.41) is 9.30. The van der Waals surface area contributed by atoms with Gasteiger partial charge in [0.2, 0.25) is 5.88 Å². The van der Waals surface area contributed by atoms with Crippen LogP contribution in [0.25, 0.3) is 17.0 Å². The van der Waals surface area contributed by atoms with E-state index in [-0.39, 0.29) is 35.6 Å². The van der Waals surface area contributed by atoms with Gasteiger partial charge in [0.25, 0.3) is 0 Å². The number of methoxy groups -OCH3 is 1. The smallest absolute Gasteiger partial charge is 0.237 e. The van der Waals surface area contributed by atoms with Crippen LogP contribution < -0.4 is 9.47 Å². The molecule has 3 aromatic rings. The fraction of sp³-hybridized carbons (Fsp3) is 0.407. The first-order chi connectivity index (χ1) is 18.0. The summed E-state index contributed by atoms with van der Waals surface area (Å²) >= 11 is 0. The molecule has 3 rings (SSSR count). The fourth-order valence-corrected chi connectivity index (χ4v) is 3.97. The molecule has 0 fully saturated rings. The second-order valence-corrected chi connectivity index (χ2v) is 11.0. The topological polar surface area (TPSA) is 133 Å². The minimum absolute atomic E-state index is 0.0170. The van der Waals surface area contributed by atoms with Crippen LogP contribution >= 0.6 is 0 Å². The van der Waals surface area contributed by atoms with Crippen molar-refractivity contribution in [1.29, 1.82) is 0 Å². The lowest BCUT2D eigenvalue weighted by Crippen LogP contribution is -2.20. The van der Waals surface area contributed by atoms with E-state index in [9.17, 15) is 13.5 Å². The molecule has 10 nitrogen and oxygen atoms in total. The molecule has 0 aliphatic heterocycles. The van der Waals surface area contributed by atoms with Crippen molar-refractivity contribution in [3.05, 3.63) is 54.5 Å². The first-order valence-corrected chi connectivity index (χ1v) is 14.1. The van der Waals surface area contributed by atoms with Gasteiger partial charge in [0.1, 0.15) is 29.5 Å². The van der Waals surface area contributed by atoms with Crippen LogP contribution in [0.5, 0.6) is 17.4 Å². The summed E-state index contributed by atoms with van der Waals surface area (Å²) in [4.78, 5) is 11.4. The monoisotopic (exact) mass is 545 g/mol. The molecule has 2 heterocycles. The summed E-state index contributed by atoms with van der Waals surface area (Å²) in [6, 6.07) is 9.23. The zero-order chi connectivity index (χ0) is 27.9. The Morgan fingerprint density at radius 1 is 1.11 bits per heavy atom. The molecule has 11 heteroatoms. The van der Waals surface area contributed by atoms with Crippen LogP contribution in [0.3, 0.4) is 0 Å². The van der Waals surface area contributed by atoms with E-state index in [4.69, 9.17) is 18.9 Å². The highest BCUT2D eigenvalue weighted by Gasteiger charge is 2.17. The molecule has 0 amide bonds. The molecule has 0 bridgehead atoms. The van der Waals surface area contributed by atoms with E-state index in [1.807, 2.05) is 58.0 Å². The summed E-state index contributed by atoms with van der Waals surface area (Å²) < 4.78 is 46.6.